The van der Waals surface area contributed by atoms with Gasteiger partial charge in [0.15, 0.2) is 0 Å². The number of carbonyl (C=O) groups is 2. The zero-order valence-corrected chi connectivity index (χ0v) is 15.6. The number of methoxy groups -OCH3 is 1. The van der Waals surface area contributed by atoms with E-state index in [0.717, 1.165) is 22.3 Å². The van der Waals surface area contributed by atoms with Crippen molar-refractivity contribution in [1.82, 2.24) is 10.2 Å². The first-order valence-corrected chi connectivity index (χ1v) is 8.76. The zero-order chi connectivity index (χ0) is 18.9. The minimum Gasteiger partial charge on any atom is -0.497 e. The highest BCUT2D eigenvalue weighted by molar-refractivity contribution is 6.07. The topological polar surface area (TPSA) is 58.6 Å². The van der Waals surface area contributed by atoms with Crippen LogP contribution in [0.1, 0.15) is 35.6 Å². The van der Waals surface area contributed by atoms with Crippen molar-refractivity contribution in [3.05, 3.63) is 64.7 Å². The number of benzene rings is 2. The van der Waals surface area contributed by atoms with E-state index in [1.165, 1.54) is 4.90 Å². The number of imide groups is 1. The molecule has 3 amide bonds. The first-order valence-electron chi connectivity index (χ1n) is 8.76. The van der Waals surface area contributed by atoms with Crippen molar-refractivity contribution in [2.75, 3.05) is 7.11 Å². The van der Waals surface area contributed by atoms with Gasteiger partial charge in [-0.15, -0.1) is 0 Å². The van der Waals surface area contributed by atoms with E-state index in [2.05, 4.69) is 5.32 Å². The maximum Gasteiger partial charge on any atom is 0.325 e. The molecule has 2 aromatic rings. The number of amides is 3. The van der Waals surface area contributed by atoms with Crippen LogP contribution in [-0.2, 0) is 16.9 Å². The van der Waals surface area contributed by atoms with Gasteiger partial charge in [0.1, 0.15) is 11.3 Å². The molecule has 1 unspecified atom stereocenters. The molecule has 1 saturated heterocycles. The molecule has 1 heterocycles. The van der Waals surface area contributed by atoms with E-state index in [9.17, 15) is 9.59 Å². The van der Waals surface area contributed by atoms with Crippen LogP contribution in [0.15, 0.2) is 42.5 Å². The number of carbonyl (C=O) groups excluding carboxylic acids is 2. The fraction of sp³-hybridized carbons (Fsp3) is 0.333. The molecule has 1 N–H and O–H groups in total. The van der Waals surface area contributed by atoms with Gasteiger partial charge in [-0.2, -0.15) is 0 Å². The van der Waals surface area contributed by atoms with Gasteiger partial charge in [0, 0.05) is 0 Å². The average Bonchev–Trinajstić information content (AvgIpc) is 2.90. The first-order chi connectivity index (χ1) is 12.4. The minimum absolute atomic E-state index is 0.212. The number of nitrogens with one attached hydrogen (secondary N) is 1. The summed E-state index contributed by atoms with van der Waals surface area (Å²) in [6.45, 7) is 6.17. The van der Waals surface area contributed by atoms with Crippen molar-refractivity contribution >= 4 is 11.9 Å². The Balaban J connectivity index is 1.94. The molecule has 1 fully saturated rings. The molecule has 2 aromatic carbocycles. The standard InChI is InChI=1S/C21H24N2O3/c1-5-21(17-8-10-18(26-4)11-9-17)19(24)23(20(25)22-21)13-16-12-14(2)6-7-15(16)3/h6-12H,5,13H2,1-4H3,(H,22,25). The molecule has 1 aliphatic rings. The number of urea groups is 1. The molecule has 0 saturated carbocycles. The van der Waals surface area contributed by atoms with E-state index in [1.54, 1.807) is 19.2 Å². The van der Waals surface area contributed by atoms with E-state index in [-0.39, 0.29) is 18.5 Å². The molecule has 0 aromatic heterocycles. The van der Waals surface area contributed by atoms with Crippen LogP contribution in [0.3, 0.4) is 0 Å². The Labute approximate surface area is 154 Å². The highest BCUT2D eigenvalue weighted by atomic mass is 16.5. The summed E-state index contributed by atoms with van der Waals surface area (Å²) >= 11 is 0. The lowest BCUT2D eigenvalue weighted by Crippen LogP contribution is -2.43. The Morgan fingerprint density at radius 1 is 1.08 bits per heavy atom. The Morgan fingerprint density at radius 3 is 2.38 bits per heavy atom. The zero-order valence-electron chi connectivity index (χ0n) is 15.6. The number of hydrogen-bond donors (Lipinski definition) is 1. The van der Waals surface area contributed by atoms with Crippen molar-refractivity contribution in [1.29, 1.82) is 0 Å². The van der Waals surface area contributed by atoms with Crippen LogP contribution in [0.5, 0.6) is 5.75 Å². The molecule has 1 atom stereocenters. The summed E-state index contributed by atoms with van der Waals surface area (Å²) in [5, 5.41) is 2.92. The lowest BCUT2D eigenvalue weighted by molar-refractivity contribution is -0.132. The van der Waals surface area contributed by atoms with E-state index < -0.39 is 5.54 Å². The van der Waals surface area contributed by atoms with Crippen LogP contribution in [0.2, 0.25) is 0 Å². The maximum absolute atomic E-state index is 13.2. The monoisotopic (exact) mass is 352 g/mol. The van der Waals surface area contributed by atoms with Crippen LogP contribution in [0.4, 0.5) is 4.79 Å². The van der Waals surface area contributed by atoms with Gasteiger partial charge in [-0.25, -0.2) is 4.79 Å². The minimum atomic E-state index is -1.03. The second kappa shape index (κ2) is 6.83. The van der Waals surface area contributed by atoms with Gasteiger partial charge in [0.05, 0.1) is 13.7 Å². The number of ether oxygens (including phenoxy) is 1. The van der Waals surface area contributed by atoms with Gasteiger partial charge in [0.2, 0.25) is 0 Å². The molecule has 26 heavy (non-hydrogen) atoms. The average molecular weight is 352 g/mol. The van der Waals surface area contributed by atoms with Crippen molar-refractivity contribution in [3.63, 3.8) is 0 Å². The fourth-order valence-corrected chi connectivity index (χ4v) is 3.43. The molecule has 0 bridgehead atoms. The summed E-state index contributed by atoms with van der Waals surface area (Å²) in [7, 11) is 1.60. The van der Waals surface area contributed by atoms with Crippen LogP contribution >= 0.6 is 0 Å². The number of aryl methyl sites for hydroxylation is 2. The molecule has 3 rings (SSSR count). The molecule has 0 radical (unpaired) electrons. The molecule has 5 heteroatoms. The highest BCUT2D eigenvalue weighted by Gasteiger charge is 2.51. The van der Waals surface area contributed by atoms with Crippen molar-refractivity contribution < 1.29 is 14.3 Å². The molecular weight excluding hydrogens is 328 g/mol. The number of rotatable bonds is 5. The van der Waals surface area contributed by atoms with E-state index in [0.29, 0.717) is 12.2 Å². The summed E-state index contributed by atoms with van der Waals surface area (Å²) < 4.78 is 5.19. The lowest BCUT2D eigenvalue weighted by Gasteiger charge is -2.26. The SMILES string of the molecule is CCC1(c2ccc(OC)cc2)NC(=O)N(Cc2cc(C)ccc2C)C1=O. The normalized spacial score (nSPS) is 19.6. The fourth-order valence-electron chi connectivity index (χ4n) is 3.43. The summed E-state index contributed by atoms with van der Waals surface area (Å²) in [6, 6.07) is 13.0. The third-order valence-electron chi connectivity index (χ3n) is 5.12. The Morgan fingerprint density at radius 2 is 1.77 bits per heavy atom. The van der Waals surface area contributed by atoms with Crippen molar-refractivity contribution in [2.45, 2.75) is 39.3 Å². The third-order valence-corrected chi connectivity index (χ3v) is 5.12. The second-order valence-electron chi connectivity index (χ2n) is 6.74. The molecule has 0 spiro atoms. The quantitative estimate of drug-likeness (QED) is 0.835. The summed E-state index contributed by atoms with van der Waals surface area (Å²) in [5.74, 6) is 0.500. The van der Waals surface area contributed by atoms with Gasteiger partial charge >= 0.3 is 6.03 Å². The van der Waals surface area contributed by atoms with Gasteiger partial charge in [-0.3, -0.25) is 9.69 Å². The Kier molecular flexibility index (Phi) is 4.72. The van der Waals surface area contributed by atoms with Gasteiger partial charge in [0.25, 0.3) is 5.91 Å². The molecule has 0 aliphatic carbocycles. The highest BCUT2D eigenvalue weighted by Crippen LogP contribution is 2.34. The molecule has 5 nitrogen and oxygen atoms in total. The van der Waals surface area contributed by atoms with Crippen molar-refractivity contribution in [3.8, 4) is 5.75 Å². The van der Waals surface area contributed by atoms with Crippen molar-refractivity contribution in [2.24, 2.45) is 0 Å². The number of nitrogens with zero attached hydrogens (tertiary/aromatic N) is 1. The maximum atomic E-state index is 13.2. The predicted molar refractivity (Wildman–Crippen MR) is 100.0 cm³/mol. The Hall–Kier alpha value is -2.82. The predicted octanol–water partition coefficient (Wildman–Crippen LogP) is 3.67. The molecule has 136 valence electrons. The van der Waals surface area contributed by atoms with E-state index in [1.807, 2.05) is 51.1 Å². The van der Waals surface area contributed by atoms with E-state index >= 15 is 0 Å². The largest absolute Gasteiger partial charge is 0.497 e. The Bertz CT molecular complexity index is 845. The smallest absolute Gasteiger partial charge is 0.325 e. The van der Waals surface area contributed by atoms with Gasteiger partial charge in [-0.1, -0.05) is 42.8 Å². The van der Waals surface area contributed by atoms with Crippen LogP contribution in [0, 0.1) is 13.8 Å². The molecule has 1 aliphatic heterocycles. The lowest BCUT2D eigenvalue weighted by atomic mass is 9.87. The third kappa shape index (κ3) is 2.94. The van der Waals surface area contributed by atoms with Crippen LogP contribution in [0.25, 0.3) is 0 Å². The van der Waals surface area contributed by atoms with Crippen LogP contribution < -0.4 is 10.1 Å². The summed E-state index contributed by atoms with van der Waals surface area (Å²) in [4.78, 5) is 27.2. The van der Waals surface area contributed by atoms with E-state index in [4.69, 9.17) is 4.74 Å². The van der Waals surface area contributed by atoms with Gasteiger partial charge in [-0.05, 0) is 49.1 Å². The number of hydrogen-bond acceptors (Lipinski definition) is 3. The van der Waals surface area contributed by atoms with Crippen LogP contribution in [-0.4, -0.2) is 23.9 Å². The first kappa shape index (κ1) is 18.0. The summed E-state index contributed by atoms with van der Waals surface area (Å²) in [5.41, 5.74) is 2.89. The summed E-state index contributed by atoms with van der Waals surface area (Å²) in [6.07, 6.45) is 0.479. The molecular formula is C21H24N2O3. The van der Waals surface area contributed by atoms with Gasteiger partial charge < -0.3 is 10.1 Å². The second-order valence-corrected chi connectivity index (χ2v) is 6.74.